The van der Waals surface area contributed by atoms with E-state index in [0.717, 1.165) is 45.7 Å². The molecule has 8 aromatic carbocycles. The molecule has 1 aromatic heterocycles. The number of para-hydroxylation sites is 4. The van der Waals surface area contributed by atoms with Crippen molar-refractivity contribution in [3.05, 3.63) is 221 Å². The van der Waals surface area contributed by atoms with Gasteiger partial charge in [-0.25, -0.2) is 0 Å². The summed E-state index contributed by atoms with van der Waals surface area (Å²) in [5.41, 5.74) is 20.0. The number of fused-ring (bicyclic) bond motifs is 6. The number of carbonyl (C=O) groups is 1. The zero-order chi connectivity index (χ0) is 50.2. The lowest BCUT2D eigenvalue weighted by Crippen LogP contribution is -2.53. The molecule has 1 fully saturated rings. The minimum absolute atomic E-state index is 0.125. The molecule has 1 aliphatic heterocycles. The SMILES string of the molecule is CC(C)c1cccc(C(C)C)c1N1CCC(=O)N(c2c(C(C)C)cccc2C(C)C)[C]1c1ccc(N(c2ccc3c(c2)C(C)(C)c2ccccc2-3)c2ccc3c(c2)c2ccccc2n3-c2ccccc2)cc1. The summed E-state index contributed by atoms with van der Waals surface area (Å²) in [6.45, 7) is 23.5. The molecule has 0 spiro atoms. The van der Waals surface area contributed by atoms with Gasteiger partial charge in [0.1, 0.15) is 0 Å². The van der Waals surface area contributed by atoms with Crippen molar-refractivity contribution in [2.75, 3.05) is 21.2 Å². The summed E-state index contributed by atoms with van der Waals surface area (Å²) >= 11 is 0. The number of carbonyl (C=O) groups excluding carboxylic acids is 1. The average Bonchev–Trinajstić information content (AvgIpc) is 3.83. The van der Waals surface area contributed by atoms with E-state index in [2.05, 4.69) is 264 Å². The first-order chi connectivity index (χ1) is 34.7. The van der Waals surface area contributed by atoms with E-state index in [0.29, 0.717) is 13.0 Å². The van der Waals surface area contributed by atoms with Gasteiger partial charge in [-0.15, -0.1) is 0 Å². The van der Waals surface area contributed by atoms with Crippen molar-refractivity contribution in [2.24, 2.45) is 0 Å². The topological polar surface area (TPSA) is 31.7 Å². The molecule has 0 atom stereocenters. The number of benzene rings is 8. The summed E-state index contributed by atoms with van der Waals surface area (Å²) in [5, 5.41) is 2.40. The van der Waals surface area contributed by atoms with Gasteiger partial charge >= 0.3 is 0 Å². The van der Waals surface area contributed by atoms with Crippen LogP contribution in [0.1, 0.15) is 138 Å². The standard InChI is InChI=1S/C67H67N4O/c1-42(2)51-24-18-25-52(43(3)4)64(51)68-39-38-63(72)71(65-53(44(5)6)26-19-27-54(65)45(7)8)66(68)46-30-32-48(33-31-46)69(50-34-36-56-55-22-14-16-28-59(55)67(9,10)60(56)41-50)49-35-37-62-58(40-49)57-23-15-17-29-61(57)70(62)47-20-12-11-13-21-47/h11-37,40-45H,38-39H2,1-10H3. The molecule has 72 heavy (non-hydrogen) atoms. The van der Waals surface area contributed by atoms with Crippen molar-refractivity contribution in [2.45, 2.75) is 105 Å². The second-order valence-electron chi connectivity index (χ2n) is 21.8. The van der Waals surface area contributed by atoms with E-state index < -0.39 is 0 Å². The van der Waals surface area contributed by atoms with Crippen LogP contribution < -0.4 is 14.7 Å². The molecule has 9 aromatic rings. The highest BCUT2D eigenvalue weighted by Gasteiger charge is 2.42. The van der Waals surface area contributed by atoms with Crippen LogP contribution in [0.15, 0.2) is 176 Å². The zero-order valence-electron chi connectivity index (χ0n) is 43.7. The van der Waals surface area contributed by atoms with E-state index in [9.17, 15) is 0 Å². The van der Waals surface area contributed by atoms with Gasteiger partial charge in [-0.05, 0) is 129 Å². The van der Waals surface area contributed by atoms with E-state index >= 15 is 4.79 Å². The van der Waals surface area contributed by atoms with E-state index in [-0.39, 0.29) is 35.0 Å². The predicted molar refractivity (Wildman–Crippen MR) is 304 cm³/mol. The lowest BCUT2D eigenvalue weighted by atomic mass is 9.82. The first kappa shape index (κ1) is 47.0. The fourth-order valence-corrected chi connectivity index (χ4v) is 12.0. The Bertz CT molecular complexity index is 3450. The molecular formula is C67H67N4O. The molecule has 11 rings (SSSR count). The van der Waals surface area contributed by atoms with Crippen molar-refractivity contribution < 1.29 is 4.79 Å². The molecule has 361 valence electrons. The molecule has 1 aliphatic carbocycles. The molecule has 0 bridgehead atoms. The second-order valence-corrected chi connectivity index (χ2v) is 21.8. The Hall–Kier alpha value is -7.37. The first-order valence-electron chi connectivity index (χ1n) is 26.2. The molecule has 0 unspecified atom stereocenters. The Kier molecular flexibility index (Phi) is 12.0. The predicted octanol–water partition coefficient (Wildman–Crippen LogP) is 17.8. The van der Waals surface area contributed by atoms with Gasteiger partial charge in [-0.3, -0.25) is 9.69 Å². The zero-order valence-corrected chi connectivity index (χ0v) is 43.7. The lowest BCUT2D eigenvalue weighted by molar-refractivity contribution is -0.118. The Morgan fingerprint density at radius 2 is 1.00 bits per heavy atom. The third-order valence-corrected chi connectivity index (χ3v) is 15.6. The van der Waals surface area contributed by atoms with Crippen LogP contribution in [0.5, 0.6) is 0 Å². The largest absolute Gasteiger partial charge is 0.340 e. The number of nitrogens with zero attached hydrogens (tertiary/aromatic N) is 4. The lowest BCUT2D eigenvalue weighted by Gasteiger charge is -2.47. The molecule has 1 saturated heterocycles. The van der Waals surface area contributed by atoms with Gasteiger partial charge in [0.25, 0.3) is 0 Å². The summed E-state index contributed by atoms with van der Waals surface area (Å²) in [6, 6.07) is 64.8. The Morgan fingerprint density at radius 3 is 1.65 bits per heavy atom. The average molecular weight is 944 g/mol. The number of hydrogen-bond donors (Lipinski definition) is 0. The van der Waals surface area contributed by atoms with E-state index in [1.165, 1.54) is 66.5 Å². The number of rotatable bonds is 11. The van der Waals surface area contributed by atoms with Crippen LogP contribution in [0.25, 0.3) is 38.6 Å². The van der Waals surface area contributed by atoms with Gasteiger partial charge in [0.2, 0.25) is 5.91 Å². The van der Waals surface area contributed by atoms with Gasteiger partial charge in [0.15, 0.2) is 6.17 Å². The molecule has 2 aliphatic rings. The molecule has 1 amide bonds. The third-order valence-electron chi connectivity index (χ3n) is 15.6. The highest BCUT2D eigenvalue weighted by molar-refractivity contribution is 6.11. The Labute approximate surface area is 427 Å². The van der Waals surface area contributed by atoms with Gasteiger partial charge in [0.05, 0.1) is 16.7 Å². The molecule has 1 radical (unpaired) electrons. The minimum Gasteiger partial charge on any atom is -0.340 e. The maximum Gasteiger partial charge on any atom is 0.231 e. The number of amides is 1. The summed E-state index contributed by atoms with van der Waals surface area (Å²) in [6.07, 6.45) is 1.33. The van der Waals surface area contributed by atoms with Crippen molar-refractivity contribution >= 4 is 56.1 Å². The summed E-state index contributed by atoms with van der Waals surface area (Å²) in [4.78, 5) is 22.1. The van der Waals surface area contributed by atoms with Crippen LogP contribution in [-0.4, -0.2) is 17.0 Å². The monoisotopic (exact) mass is 944 g/mol. The number of anilines is 5. The number of hydrogen-bond acceptors (Lipinski definition) is 3. The fraction of sp³-hybridized carbons (Fsp3) is 0.254. The van der Waals surface area contributed by atoms with Crippen molar-refractivity contribution in [3.8, 4) is 16.8 Å². The van der Waals surface area contributed by atoms with Gasteiger partial charge in [0, 0.05) is 63.2 Å². The van der Waals surface area contributed by atoms with Gasteiger partial charge < -0.3 is 14.4 Å². The van der Waals surface area contributed by atoms with Crippen LogP contribution in [0, 0.1) is 6.17 Å². The molecule has 5 heteroatoms. The van der Waals surface area contributed by atoms with Crippen molar-refractivity contribution in [1.82, 2.24) is 4.57 Å². The van der Waals surface area contributed by atoms with Crippen LogP contribution in [0.2, 0.25) is 0 Å². The van der Waals surface area contributed by atoms with E-state index in [1.807, 2.05) is 0 Å². The highest BCUT2D eigenvalue weighted by atomic mass is 16.2. The summed E-state index contributed by atoms with van der Waals surface area (Å²) in [7, 11) is 0. The summed E-state index contributed by atoms with van der Waals surface area (Å²) in [5.74, 6) is 1.09. The van der Waals surface area contributed by atoms with E-state index in [1.54, 1.807) is 0 Å². The molecule has 0 N–H and O–H groups in total. The Balaban J connectivity index is 1.13. The van der Waals surface area contributed by atoms with Crippen LogP contribution in [0.3, 0.4) is 0 Å². The molecule has 5 nitrogen and oxygen atoms in total. The second kappa shape index (κ2) is 18.3. The molecular weight excluding hydrogens is 877 g/mol. The highest BCUT2D eigenvalue weighted by Crippen LogP contribution is 2.52. The smallest absolute Gasteiger partial charge is 0.231 e. The van der Waals surface area contributed by atoms with Crippen LogP contribution in [-0.2, 0) is 10.2 Å². The maximum atomic E-state index is 15.1. The van der Waals surface area contributed by atoms with E-state index in [4.69, 9.17) is 0 Å². The van der Waals surface area contributed by atoms with Crippen LogP contribution >= 0.6 is 0 Å². The quantitative estimate of drug-likeness (QED) is 0.129. The van der Waals surface area contributed by atoms with Gasteiger partial charge in [-0.2, -0.15) is 0 Å². The van der Waals surface area contributed by atoms with Crippen LogP contribution in [0.4, 0.5) is 28.4 Å². The van der Waals surface area contributed by atoms with Gasteiger partial charge in [-0.1, -0.05) is 184 Å². The third kappa shape index (κ3) is 7.71. The first-order valence-corrected chi connectivity index (χ1v) is 26.2. The summed E-state index contributed by atoms with van der Waals surface area (Å²) < 4.78 is 2.38. The van der Waals surface area contributed by atoms with Crippen molar-refractivity contribution in [3.63, 3.8) is 0 Å². The maximum absolute atomic E-state index is 15.1. The Morgan fingerprint density at radius 1 is 0.472 bits per heavy atom. The molecule has 2 heterocycles. The number of aromatic nitrogens is 1. The minimum atomic E-state index is -0.177. The van der Waals surface area contributed by atoms with Crippen molar-refractivity contribution in [1.29, 1.82) is 0 Å². The molecule has 0 saturated carbocycles. The fourth-order valence-electron chi connectivity index (χ4n) is 12.0. The normalized spacial score (nSPS) is 14.7.